The summed E-state index contributed by atoms with van der Waals surface area (Å²) < 4.78 is 12.4. The lowest BCUT2D eigenvalue weighted by molar-refractivity contribution is 0.0512. The van der Waals surface area contributed by atoms with Gasteiger partial charge in [0, 0.05) is 5.56 Å². The van der Waals surface area contributed by atoms with E-state index in [0.29, 0.717) is 0 Å². The summed E-state index contributed by atoms with van der Waals surface area (Å²) in [7, 11) is 1.79. The molecule has 2 rings (SSSR count). The first-order valence-electron chi connectivity index (χ1n) is 15.8. The highest BCUT2D eigenvalue weighted by Crippen LogP contribution is 2.44. The molecule has 1 aromatic rings. The molecule has 0 aromatic heterocycles. The molecule has 0 radical (unpaired) electrons. The van der Waals surface area contributed by atoms with Crippen LogP contribution < -0.4 is 9.47 Å². The van der Waals surface area contributed by atoms with Crippen LogP contribution in [0.15, 0.2) is 0 Å². The molecule has 1 aliphatic rings. The van der Waals surface area contributed by atoms with E-state index in [4.69, 9.17) is 9.47 Å². The maximum absolute atomic E-state index is 6.74. The van der Waals surface area contributed by atoms with Crippen LogP contribution in [0.2, 0.25) is 0 Å². The second kappa shape index (κ2) is 15.4. The monoisotopic (exact) mass is 514 g/mol. The molecule has 0 saturated heterocycles. The largest absolute Gasteiger partial charge is 0.496 e. The fraction of sp³-hybridized carbons (Fsp3) is 0.829. The van der Waals surface area contributed by atoms with Crippen LogP contribution in [0.25, 0.3) is 0 Å². The van der Waals surface area contributed by atoms with Crippen LogP contribution in [-0.4, -0.2) is 12.7 Å². The van der Waals surface area contributed by atoms with E-state index in [1.165, 1.54) is 92.9 Å². The molecule has 2 heteroatoms. The predicted molar refractivity (Wildman–Crippen MR) is 162 cm³/mol. The van der Waals surface area contributed by atoms with Gasteiger partial charge < -0.3 is 9.47 Å². The second-order valence-electron chi connectivity index (χ2n) is 13.7. The van der Waals surface area contributed by atoms with Gasteiger partial charge in [0.2, 0.25) is 0 Å². The van der Waals surface area contributed by atoms with Gasteiger partial charge in [0.25, 0.3) is 0 Å². The fourth-order valence-corrected chi connectivity index (χ4v) is 6.53. The molecule has 0 spiro atoms. The highest BCUT2D eigenvalue weighted by Gasteiger charge is 2.34. The Balaban J connectivity index is 1.65. The number of hydrogen-bond acceptors (Lipinski definition) is 2. The average Bonchev–Trinajstić information content (AvgIpc) is 2.82. The minimum Gasteiger partial charge on any atom is -0.496 e. The molecule has 4 unspecified atom stereocenters. The topological polar surface area (TPSA) is 18.5 Å². The third-order valence-corrected chi connectivity index (χ3v) is 9.44. The normalized spacial score (nSPS) is 19.9. The first kappa shape index (κ1) is 32.0. The summed E-state index contributed by atoms with van der Waals surface area (Å²) in [5, 5.41) is 0. The summed E-state index contributed by atoms with van der Waals surface area (Å²) in [4.78, 5) is 0. The highest BCUT2D eigenvalue weighted by molar-refractivity contribution is 5.58. The number of hydrogen-bond donors (Lipinski definition) is 0. The molecule has 0 fully saturated rings. The molecule has 214 valence electrons. The molecule has 4 atom stereocenters. The van der Waals surface area contributed by atoms with Gasteiger partial charge in [-0.15, -0.1) is 0 Å². The SMILES string of the molecule is COc1c(C)c(C)c2c(c1C)CCC(C)(CCCC(C)CCCC(C)CCCC(C)CCCC(C)C)O2. The van der Waals surface area contributed by atoms with E-state index in [0.717, 1.165) is 54.4 Å². The average molecular weight is 515 g/mol. The number of ether oxygens (including phenoxy) is 2. The van der Waals surface area contributed by atoms with Crippen LogP contribution in [0.4, 0.5) is 0 Å². The van der Waals surface area contributed by atoms with Crippen molar-refractivity contribution in [2.75, 3.05) is 7.11 Å². The van der Waals surface area contributed by atoms with Crippen molar-refractivity contribution < 1.29 is 9.47 Å². The zero-order chi connectivity index (χ0) is 27.6. The Morgan fingerprint density at radius 2 is 1.19 bits per heavy atom. The fourth-order valence-electron chi connectivity index (χ4n) is 6.53. The van der Waals surface area contributed by atoms with Crippen molar-refractivity contribution in [2.45, 2.75) is 158 Å². The summed E-state index contributed by atoms with van der Waals surface area (Å²) in [6.45, 7) is 21.0. The smallest absolute Gasteiger partial charge is 0.127 e. The van der Waals surface area contributed by atoms with E-state index in [1.54, 1.807) is 7.11 Å². The van der Waals surface area contributed by atoms with Gasteiger partial charge >= 0.3 is 0 Å². The molecule has 0 bridgehead atoms. The standard InChI is InChI=1S/C35H62O2/c1-25(2)15-11-16-26(3)17-12-18-27(4)19-13-20-28(5)21-14-23-35(9)24-22-32-31(8)33(36-10)29(6)30(7)34(32)37-35/h25-28H,11-24H2,1-10H3. The lowest BCUT2D eigenvalue weighted by Crippen LogP contribution is -2.37. The van der Waals surface area contributed by atoms with Crippen LogP contribution in [0.5, 0.6) is 11.5 Å². The molecule has 2 nitrogen and oxygen atoms in total. The van der Waals surface area contributed by atoms with Gasteiger partial charge in [0.15, 0.2) is 0 Å². The summed E-state index contributed by atoms with van der Waals surface area (Å²) in [5.41, 5.74) is 5.07. The number of benzene rings is 1. The second-order valence-corrected chi connectivity index (χ2v) is 13.7. The minimum absolute atomic E-state index is 0.0363. The summed E-state index contributed by atoms with van der Waals surface area (Å²) >= 11 is 0. The maximum Gasteiger partial charge on any atom is 0.127 e. The van der Waals surface area contributed by atoms with Crippen LogP contribution in [-0.2, 0) is 6.42 Å². The van der Waals surface area contributed by atoms with Gasteiger partial charge in [0.1, 0.15) is 17.1 Å². The quantitative estimate of drug-likeness (QED) is 0.206. The van der Waals surface area contributed by atoms with Gasteiger partial charge in [-0.1, -0.05) is 98.8 Å². The summed E-state index contributed by atoms with van der Waals surface area (Å²) in [6.07, 6.45) is 18.7. The van der Waals surface area contributed by atoms with Crippen molar-refractivity contribution >= 4 is 0 Å². The lowest BCUT2D eigenvalue weighted by atomic mass is 9.83. The Morgan fingerprint density at radius 3 is 1.68 bits per heavy atom. The molecule has 1 aliphatic heterocycles. The van der Waals surface area contributed by atoms with Gasteiger partial charge in [-0.3, -0.25) is 0 Å². The van der Waals surface area contributed by atoms with Crippen molar-refractivity contribution in [1.29, 1.82) is 0 Å². The van der Waals surface area contributed by atoms with E-state index in [2.05, 4.69) is 62.3 Å². The summed E-state index contributed by atoms with van der Waals surface area (Å²) in [5.74, 6) is 5.66. The van der Waals surface area contributed by atoms with Crippen LogP contribution >= 0.6 is 0 Å². The van der Waals surface area contributed by atoms with Gasteiger partial charge in [-0.05, 0) is 93.7 Å². The molecule has 0 N–H and O–H groups in total. The first-order chi connectivity index (χ1) is 17.5. The van der Waals surface area contributed by atoms with E-state index >= 15 is 0 Å². The van der Waals surface area contributed by atoms with E-state index in [-0.39, 0.29) is 5.60 Å². The summed E-state index contributed by atoms with van der Waals surface area (Å²) in [6, 6.07) is 0. The molecule has 0 amide bonds. The Kier molecular flexibility index (Phi) is 13.4. The predicted octanol–water partition coefficient (Wildman–Crippen LogP) is 10.9. The Morgan fingerprint density at radius 1 is 0.703 bits per heavy atom. The Labute approximate surface area is 231 Å². The molecule has 1 aromatic carbocycles. The molecule has 37 heavy (non-hydrogen) atoms. The molecule has 0 aliphatic carbocycles. The lowest BCUT2D eigenvalue weighted by Gasteiger charge is -2.38. The third kappa shape index (κ3) is 10.1. The molecular formula is C35H62O2. The van der Waals surface area contributed by atoms with Crippen molar-refractivity contribution in [1.82, 2.24) is 0 Å². The first-order valence-corrected chi connectivity index (χ1v) is 15.8. The number of rotatable bonds is 17. The van der Waals surface area contributed by atoms with Crippen LogP contribution in [0, 0.1) is 44.4 Å². The number of methoxy groups -OCH3 is 1. The van der Waals surface area contributed by atoms with Gasteiger partial charge in [-0.2, -0.15) is 0 Å². The zero-order valence-corrected chi connectivity index (χ0v) is 26.5. The molecule has 0 saturated carbocycles. The highest BCUT2D eigenvalue weighted by atomic mass is 16.5. The third-order valence-electron chi connectivity index (χ3n) is 9.44. The molecule has 1 heterocycles. The van der Waals surface area contributed by atoms with Crippen LogP contribution in [0.3, 0.4) is 0 Å². The zero-order valence-electron chi connectivity index (χ0n) is 26.5. The Bertz CT molecular complexity index is 810. The van der Waals surface area contributed by atoms with Crippen molar-refractivity contribution in [2.24, 2.45) is 23.7 Å². The molecular weight excluding hydrogens is 452 g/mol. The van der Waals surface area contributed by atoms with Crippen LogP contribution in [0.1, 0.15) is 147 Å². The van der Waals surface area contributed by atoms with Gasteiger partial charge in [-0.25, -0.2) is 0 Å². The Hall–Kier alpha value is -1.18. The van der Waals surface area contributed by atoms with Crippen molar-refractivity contribution in [3.05, 3.63) is 22.3 Å². The maximum atomic E-state index is 6.74. The van der Waals surface area contributed by atoms with E-state index in [9.17, 15) is 0 Å². The van der Waals surface area contributed by atoms with E-state index in [1.807, 2.05) is 0 Å². The van der Waals surface area contributed by atoms with E-state index < -0.39 is 0 Å². The van der Waals surface area contributed by atoms with Crippen molar-refractivity contribution in [3.8, 4) is 11.5 Å². The number of fused-ring (bicyclic) bond motifs is 1. The van der Waals surface area contributed by atoms with Crippen molar-refractivity contribution in [3.63, 3.8) is 0 Å². The minimum atomic E-state index is -0.0363. The van der Waals surface area contributed by atoms with Gasteiger partial charge in [0.05, 0.1) is 7.11 Å².